The molecule has 0 spiro atoms. The van der Waals surface area contributed by atoms with Crippen LogP contribution in [-0.2, 0) is 39.2 Å². The minimum Gasteiger partial charge on any atom is -0.491 e. The Bertz CT molecular complexity index is 1700. The Labute approximate surface area is 293 Å². The van der Waals surface area contributed by atoms with Crippen LogP contribution in [0.3, 0.4) is 0 Å². The van der Waals surface area contributed by atoms with E-state index >= 15 is 0 Å². The van der Waals surface area contributed by atoms with Crippen LogP contribution in [0.1, 0.15) is 62.8 Å². The van der Waals surface area contributed by atoms with Crippen molar-refractivity contribution in [1.29, 1.82) is 0 Å². The van der Waals surface area contributed by atoms with Crippen LogP contribution in [-0.4, -0.2) is 50.9 Å². The summed E-state index contributed by atoms with van der Waals surface area (Å²) in [5.41, 5.74) is 5.69. The van der Waals surface area contributed by atoms with Crippen molar-refractivity contribution in [3.63, 3.8) is 0 Å². The number of nitrogens with zero attached hydrogens (tertiary/aromatic N) is 3. The number of amides is 1. The normalized spacial score (nSPS) is 14.0. The number of aryl methyl sites for hydroxylation is 1. The van der Waals surface area contributed by atoms with Gasteiger partial charge in [0.15, 0.2) is 0 Å². The Morgan fingerprint density at radius 2 is 1.71 bits per heavy atom. The van der Waals surface area contributed by atoms with Crippen LogP contribution in [0.15, 0.2) is 114 Å². The molecule has 258 valence electrons. The number of imidazole rings is 1. The van der Waals surface area contributed by atoms with Gasteiger partial charge in [-0.05, 0) is 91.4 Å². The van der Waals surface area contributed by atoms with E-state index in [1.165, 1.54) is 5.56 Å². The van der Waals surface area contributed by atoms with Gasteiger partial charge in [0.25, 0.3) is 5.91 Å². The molecular formula is C40H48N4O4S. The number of carbonyl (C=O) groups is 1. The molecule has 1 aliphatic rings. The molecule has 3 aromatic carbocycles. The highest BCUT2D eigenvalue weighted by Gasteiger charge is 2.18. The molecule has 0 saturated carbocycles. The second-order valence-corrected chi connectivity index (χ2v) is 13.6. The molecule has 1 N–H and O–H groups in total. The van der Waals surface area contributed by atoms with Crippen molar-refractivity contribution in [2.75, 3.05) is 31.7 Å². The van der Waals surface area contributed by atoms with E-state index in [-0.39, 0.29) is 5.91 Å². The number of aromatic nitrogens is 2. The van der Waals surface area contributed by atoms with Gasteiger partial charge in [0.05, 0.1) is 35.2 Å². The Balaban J connectivity index is 1.27. The summed E-state index contributed by atoms with van der Waals surface area (Å²) in [5.74, 6) is 1.07. The monoisotopic (exact) mass is 680 g/mol. The molecule has 0 saturated heterocycles. The van der Waals surface area contributed by atoms with Gasteiger partial charge in [-0.15, -0.1) is 0 Å². The molecule has 0 bridgehead atoms. The second-order valence-electron chi connectivity index (χ2n) is 12.1. The van der Waals surface area contributed by atoms with Crippen molar-refractivity contribution < 1.29 is 18.5 Å². The molecular weight excluding hydrogens is 633 g/mol. The number of carbonyl (C=O) groups excluding carboxylic acids is 1. The average molecular weight is 681 g/mol. The maximum Gasteiger partial charge on any atom is 0.251 e. The Morgan fingerprint density at radius 3 is 2.47 bits per heavy atom. The Morgan fingerprint density at radius 1 is 0.918 bits per heavy atom. The summed E-state index contributed by atoms with van der Waals surface area (Å²) in [6, 6.07) is 25.9. The molecule has 1 unspecified atom stereocenters. The Kier molecular flexibility index (Phi) is 13.8. The average Bonchev–Trinajstić information content (AvgIpc) is 3.55. The van der Waals surface area contributed by atoms with Crippen molar-refractivity contribution in [1.82, 2.24) is 14.5 Å². The number of hydrogen-bond donors (Lipinski definition) is 1. The lowest BCUT2D eigenvalue weighted by atomic mass is 10.0. The third-order valence-electron chi connectivity index (χ3n) is 8.37. The maximum atomic E-state index is 13.5. The van der Waals surface area contributed by atoms with Crippen molar-refractivity contribution in [2.24, 2.45) is 0 Å². The molecule has 1 aliphatic heterocycles. The molecule has 5 rings (SSSR count). The Hall–Kier alpha value is -4.47. The minimum absolute atomic E-state index is 0.130. The lowest BCUT2D eigenvalue weighted by Crippen LogP contribution is -2.25. The third kappa shape index (κ3) is 10.8. The van der Waals surface area contributed by atoms with Gasteiger partial charge in [0, 0.05) is 54.3 Å². The highest BCUT2D eigenvalue weighted by atomic mass is 32.2. The fourth-order valence-electron chi connectivity index (χ4n) is 5.70. The lowest BCUT2D eigenvalue weighted by molar-refractivity contribution is -0.113. The zero-order chi connectivity index (χ0) is 34.3. The van der Waals surface area contributed by atoms with E-state index in [1.54, 1.807) is 12.5 Å². The van der Waals surface area contributed by atoms with Gasteiger partial charge in [0.2, 0.25) is 0 Å². The number of nitrogens with one attached hydrogen (secondary N) is 1. The highest BCUT2D eigenvalue weighted by Crippen LogP contribution is 2.28. The summed E-state index contributed by atoms with van der Waals surface area (Å²) < 4.78 is 26.7. The largest absolute Gasteiger partial charge is 0.491 e. The number of rotatable bonds is 17. The summed E-state index contributed by atoms with van der Waals surface area (Å²) in [4.78, 5) is 20.8. The molecule has 9 heteroatoms. The van der Waals surface area contributed by atoms with Gasteiger partial charge in [-0.2, -0.15) is 0 Å². The van der Waals surface area contributed by atoms with Crippen LogP contribution < -0.4 is 10.1 Å². The van der Waals surface area contributed by atoms with E-state index in [4.69, 9.17) is 9.47 Å². The topological polar surface area (TPSA) is 85.7 Å². The molecule has 1 amide bonds. The molecule has 1 atom stereocenters. The fourth-order valence-corrected chi connectivity index (χ4v) is 6.82. The fraction of sp³-hybridized carbons (Fsp3) is 0.350. The molecule has 49 heavy (non-hydrogen) atoms. The van der Waals surface area contributed by atoms with Gasteiger partial charge in [-0.3, -0.25) is 9.00 Å². The molecule has 2 heterocycles. The maximum absolute atomic E-state index is 13.5. The molecule has 8 nitrogen and oxygen atoms in total. The SMILES string of the molecule is CCCCOCCOc1ccc(C2=CC=C(C(=O)Nc3ccc(S(=O)Cc4cncn4CCC)cc3)CCCN2Cc2ccccc2)cc1. The summed E-state index contributed by atoms with van der Waals surface area (Å²) in [6.07, 6.45) is 12.2. The van der Waals surface area contributed by atoms with Crippen LogP contribution >= 0.6 is 0 Å². The van der Waals surface area contributed by atoms with Crippen molar-refractivity contribution in [3.8, 4) is 5.75 Å². The second kappa shape index (κ2) is 18.9. The quantitative estimate of drug-likeness (QED) is 0.114. The van der Waals surface area contributed by atoms with E-state index < -0.39 is 10.8 Å². The van der Waals surface area contributed by atoms with Crippen LogP contribution in [0.25, 0.3) is 5.70 Å². The number of ether oxygens (including phenoxy) is 2. The molecule has 1 aromatic heterocycles. The smallest absolute Gasteiger partial charge is 0.251 e. The van der Waals surface area contributed by atoms with Gasteiger partial charge >= 0.3 is 0 Å². The van der Waals surface area contributed by atoms with E-state index in [1.807, 2.05) is 53.1 Å². The number of unbranched alkanes of at least 4 members (excludes halogenated alkanes) is 1. The molecule has 4 aromatic rings. The number of allylic oxidation sites excluding steroid dienone is 2. The van der Waals surface area contributed by atoms with Crippen LogP contribution in [0.4, 0.5) is 5.69 Å². The van der Waals surface area contributed by atoms with Crippen LogP contribution in [0.2, 0.25) is 0 Å². The van der Waals surface area contributed by atoms with E-state index in [2.05, 4.69) is 71.5 Å². The first-order valence-electron chi connectivity index (χ1n) is 17.3. The van der Waals surface area contributed by atoms with Gasteiger partial charge < -0.3 is 24.3 Å². The number of anilines is 1. The summed E-state index contributed by atoms with van der Waals surface area (Å²) in [7, 11) is -1.21. The van der Waals surface area contributed by atoms with Crippen molar-refractivity contribution in [2.45, 2.75) is 69.7 Å². The lowest BCUT2D eigenvalue weighted by Gasteiger charge is -2.29. The van der Waals surface area contributed by atoms with Gasteiger partial charge in [0.1, 0.15) is 12.4 Å². The first kappa shape index (κ1) is 35.8. The standard InChI is InChI=1S/C40H48N4O4S/c1-3-5-25-47-26-27-48-37-18-13-33(14-19-37)39-22-15-34(12-9-24-43(39)29-32-10-7-6-8-11-32)40(45)42-35-16-20-38(21-17-35)49(46)30-36-28-41-31-44(36)23-4-2/h6-8,10-11,13-22,28,31H,3-5,9,12,23-27,29-30H2,1-2H3,(H,42,45). The predicted molar refractivity (Wildman–Crippen MR) is 198 cm³/mol. The minimum atomic E-state index is -1.21. The van der Waals surface area contributed by atoms with E-state index in [0.29, 0.717) is 31.1 Å². The van der Waals surface area contributed by atoms with Gasteiger partial charge in [-0.25, -0.2) is 4.98 Å². The summed E-state index contributed by atoms with van der Waals surface area (Å²) in [5, 5.41) is 3.06. The zero-order valence-corrected chi connectivity index (χ0v) is 29.5. The van der Waals surface area contributed by atoms with Gasteiger partial charge in [-0.1, -0.05) is 56.7 Å². The number of hydrogen-bond acceptors (Lipinski definition) is 6. The summed E-state index contributed by atoms with van der Waals surface area (Å²) in [6.45, 7) is 8.53. The zero-order valence-electron chi connectivity index (χ0n) is 28.7. The van der Waals surface area contributed by atoms with E-state index in [0.717, 1.165) is 85.1 Å². The van der Waals surface area contributed by atoms with Crippen molar-refractivity contribution in [3.05, 3.63) is 126 Å². The first-order valence-corrected chi connectivity index (χ1v) is 18.7. The molecule has 0 aliphatic carbocycles. The third-order valence-corrected chi connectivity index (χ3v) is 9.73. The van der Waals surface area contributed by atoms with Crippen molar-refractivity contribution >= 4 is 28.1 Å². The molecule has 0 radical (unpaired) electrons. The number of benzene rings is 3. The first-order chi connectivity index (χ1) is 24.0. The highest BCUT2D eigenvalue weighted by molar-refractivity contribution is 7.84. The van der Waals surface area contributed by atoms with E-state index in [9.17, 15) is 9.00 Å². The van der Waals surface area contributed by atoms with Crippen LogP contribution in [0.5, 0.6) is 5.75 Å². The molecule has 0 fully saturated rings. The predicted octanol–water partition coefficient (Wildman–Crippen LogP) is 8.00. The summed E-state index contributed by atoms with van der Waals surface area (Å²) >= 11 is 0. The van der Waals surface area contributed by atoms with Crippen LogP contribution in [0, 0.1) is 0 Å².